The molecule has 1 aliphatic rings. The van der Waals surface area contributed by atoms with E-state index in [4.69, 9.17) is 5.73 Å². The first-order valence-electron chi connectivity index (χ1n) is 3.93. The van der Waals surface area contributed by atoms with Crippen molar-refractivity contribution in [2.24, 2.45) is 0 Å². The van der Waals surface area contributed by atoms with Crippen LogP contribution in [0.4, 0.5) is 5.82 Å². The Labute approximate surface area is 65.7 Å². The molecule has 1 aromatic heterocycles. The summed E-state index contributed by atoms with van der Waals surface area (Å²) in [6.45, 7) is 0. The zero-order chi connectivity index (χ0) is 7.68. The predicted octanol–water partition coefficient (Wildman–Crippen LogP) is 1.33. The minimum atomic E-state index is 0.507. The van der Waals surface area contributed by atoms with Crippen LogP contribution >= 0.6 is 0 Å². The van der Waals surface area contributed by atoms with Crippen LogP contribution in [-0.4, -0.2) is 9.97 Å². The van der Waals surface area contributed by atoms with E-state index in [1.54, 1.807) is 12.4 Å². The fourth-order valence-electron chi connectivity index (χ4n) is 1.26. The van der Waals surface area contributed by atoms with Crippen LogP contribution in [0.25, 0.3) is 0 Å². The van der Waals surface area contributed by atoms with Gasteiger partial charge in [-0.05, 0) is 12.8 Å². The van der Waals surface area contributed by atoms with Gasteiger partial charge < -0.3 is 5.73 Å². The van der Waals surface area contributed by atoms with E-state index >= 15 is 0 Å². The summed E-state index contributed by atoms with van der Waals surface area (Å²) < 4.78 is 0. The fourth-order valence-corrected chi connectivity index (χ4v) is 1.26. The predicted molar refractivity (Wildman–Crippen MR) is 43.0 cm³/mol. The van der Waals surface area contributed by atoms with E-state index in [1.165, 1.54) is 19.3 Å². The Balaban J connectivity index is 2.18. The van der Waals surface area contributed by atoms with Crippen molar-refractivity contribution in [1.82, 2.24) is 9.97 Å². The summed E-state index contributed by atoms with van der Waals surface area (Å²) in [4.78, 5) is 8.21. The highest BCUT2D eigenvalue weighted by Crippen LogP contribution is 2.34. The van der Waals surface area contributed by atoms with Crippen molar-refractivity contribution in [3.8, 4) is 0 Å². The molecule has 1 aromatic rings. The topological polar surface area (TPSA) is 51.8 Å². The van der Waals surface area contributed by atoms with Crippen LogP contribution in [-0.2, 0) is 0 Å². The molecule has 0 bridgehead atoms. The third kappa shape index (κ3) is 1.18. The molecule has 3 heteroatoms. The number of nitrogen functional groups attached to an aromatic ring is 1. The normalized spacial score (nSPS) is 17.8. The van der Waals surface area contributed by atoms with Crippen LogP contribution in [0, 0.1) is 0 Å². The molecular formula is C8H11N3. The Morgan fingerprint density at radius 2 is 2.09 bits per heavy atom. The van der Waals surface area contributed by atoms with Crippen molar-refractivity contribution >= 4 is 5.82 Å². The third-order valence-electron chi connectivity index (χ3n) is 2.22. The van der Waals surface area contributed by atoms with Crippen LogP contribution in [0.5, 0.6) is 0 Å². The number of nitrogens with zero attached hydrogens (tertiary/aromatic N) is 2. The Kier molecular flexibility index (Phi) is 1.49. The second kappa shape index (κ2) is 2.49. The van der Waals surface area contributed by atoms with Gasteiger partial charge in [0.15, 0.2) is 0 Å². The summed E-state index contributed by atoms with van der Waals surface area (Å²) in [6.07, 6.45) is 7.28. The van der Waals surface area contributed by atoms with Crippen LogP contribution in [0.1, 0.15) is 30.9 Å². The van der Waals surface area contributed by atoms with Gasteiger partial charge in [0.05, 0.1) is 18.1 Å². The highest BCUT2D eigenvalue weighted by molar-refractivity contribution is 5.24. The maximum Gasteiger partial charge on any atom is 0.141 e. The highest BCUT2D eigenvalue weighted by atomic mass is 14.9. The van der Waals surface area contributed by atoms with Gasteiger partial charge in [-0.2, -0.15) is 0 Å². The first-order valence-corrected chi connectivity index (χ1v) is 3.93. The van der Waals surface area contributed by atoms with Gasteiger partial charge in [-0.3, -0.25) is 4.98 Å². The van der Waals surface area contributed by atoms with Crippen molar-refractivity contribution in [3.63, 3.8) is 0 Å². The molecule has 2 N–H and O–H groups in total. The summed E-state index contributed by atoms with van der Waals surface area (Å²) in [6, 6.07) is 0. The molecule has 0 amide bonds. The lowest BCUT2D eigenvalue weighted by Crippen LogP contribution is -2.11. The van der Waals surface area contributed by atoms with Crippen molar-refractivity contribution < 1.29 is 0 Å². The van der Waals surface area contributed by atoms with E-state index < -0.39 is 0 Å². The Hall–Kier alpha value is -1.12. The van der Waals surface area contributed by atoms with E-state index in [1.807, 2.05) is 0 Å². The molecule has 0 aromatic carbocycles. The average Bonchev–Trinajstić information content (AvgIpc) is 1.90. The SMILES string of the molecule is Nc1cnc(C2CCC2)cn1. The molecule has 0 aliphatic heterocycles. The van der Waals surface area contributed by atoms with Gasteiger partial charge in [-0.25, -0.2) is 4.98 Å². The quantitative estimate of drug-likeness (QED) is 0.655. The smallest absolute Gasteiger partial charge is 0.141 e. The van der Waals surface area contributed by atoms with E-state index in [0.717, 1.165) is 5.69 Å². The van der Waals surface area contributed by atoms with Crippen molar-refractivity contribution in [2.45, 2.75) is 25.2 Å². The van der Waals surface area contributed by atoms with Gasteiger partial charge in [0.1, 0.15) is 5.82 Å². The van der Waals surface area contributed by atoms with Gasteiger partial charge in [-0.15, -0.1) is 0 Å². The fraction of sp³-hybridized carbons (Fsp3) is 0.500. The number of aromatic nitrogens is 2. The van der Waals surface area contributed by atoms with E-state index in [2.05, 4.69) is 9.97 Å². The summed E-state index contributed by atoms with van der Waals surface area (Å²) in [5.41, 5.74) is 6.51. The minimum absolute atomic E-state index is 0.507. The second-order valence-electron chi connectivity index (χ2n) is 2.99. The molecule has 1 saturated carbocycles. The second-order valence-corrected chi connectivity index (χ2v) is 2.99. The lowest BCUT2D eigenvalue weighted by molar-refractivity contribution is 0.410. The lowest BCUT2D eigenvalue weighted by Gasteiger charge is -2.23. The molecule has 0 atom stereocenters. The molecule has 58 valence electrons. The first kappa shape index (κ1) is 6.58. The molecule has 0 radical (unpaired) electrons. The Morgan fingerprint density at radius 3 is 2.55 bits per heavy atom. The minimum Gasteiger partial charge on any atom is -0.382 e. The third-order valence-corrected chi connectivity index (χ3v) is 2.22. The van der Waals surface area contributed by atoms with Gasteiger partial charge in [0.2, 0.25) is 0 Å². The van der Waals surface area contributed by atoms with Gasteiger partial charge in [-0.1, -0.05) is 6.42 Å². The lowest BCUT2D eigenvalue weighted by atomic mass is 9.83. The molecule has 11 heavy (non-hydrogen) atoms. The summed E-state index contributed by atoms with van der Waals surface area (Å²) in [7, 11) is 0. The molecular weight excluding hydrogens is 138 g/mol. The van der Waals surface area contributed by atoms with Crippen molar-refractivity contribution in [1.29, 1.82) is 0 Å². The molecule has 0 unspecified atom stereocenters. The highest BCUT2D eigenvalue weighted by Gasteiger charge is 2.20. The summed E-state index contributed by atoms with van der Waals surface area (Å²) in [5, 5.41) is 0. The number of nitrogens with two attached hydrogens (primary N) is 1. The maximum absolute atomic E-state index is 5.41. The summed E-state index contributed by atoms with van der Waals surface area (Å²) >= 11 is 0. The van der Waals surface area contributed by atoms with Gasteiger partial charge >= 0.3 is 0 Å². The van der Waals surface area contributed by atoms with Crippen LogP contribution in [0.3, 0.4) is 0 Å². The standard InChI is InChI=1S/C8H11N3/c9-8-5-10-7(4-11-8)6-2-1-3-6/h4-6H,1-3H2,(H2,9,11). The van der Waals surface area contributed by atoms with Gasteiger partial charge in [0.25, 0.3) is 0 Å². The molecule has 1 aliphatic carbocycles. The maximum atomic E-state index is 5.41. The van der Waals surface area contributed by atoms with Crippen LogP contribution in [0.2, 0.25) is 0 Å². The molecule has 2 rings (SSSR count). The average molecular weight is 149 g/mol. The molecule has 1 fully saturated rings. The summed E-state index contributed by atoms with van der Waals surface area (Å²) in [5.74, 6) is 1.16. The zero-order valence-electron chi connectivity index (χ0n) is 6.33. The number of anilines is 1. The van der Waals surface area contributed by atoms with E-state index in [0.29, 0.717) is 11.7 Å². The van der Waals surface area contributed by atoms with Crippen molar-refractivity contribution in [3.05, 3.63) is 18.1 Å². The Bertz CT molecular complexity index is 238. The molecule has 0 spiro atoms. The Morgan fingerprint density at radius 1 is 1.27 bits per heavy atom. The number of rotatable bonds is 1. The first-order chi connectivity index (χ1) is 5.36. The van der Waals surface area contributed by atoms with Crippen LogP contribution < -0.4 is 5.73 Å². The van der Waals surface area contributed by atoms with Gasteiger partial charge in [0, 0.05) is 5.92 Å². The molecule has 3 nitrogen and oxygen atoms in total. The molecule has 0 saturated heterocycles. The molecule has 1 heterocycles. The largest absolute Gasteiger partial charge is 0.382 e. The zero-order valence-corrected chi connectivity index (χ0v) is 6.33. The number of hydrogen-bond acceptors (Lipinski definition) is 3. The van der Waals surface area contributed by atoms with E-state index in [9.17, 15) is 0 Å². The van der Waals surface area contributed by atoms with Crippen LogP contribution in [0.15, 0.2) is 12.4 Å². The van der Waals surface area contributed by atoms with Crippen molar-refractivity contribution in [2.75, 3.05) is 5.73 Å². The van der Waals surface area contributed by atoms with E-state index in [-0.39, 0.29) is 0 Å². The number of hydrogen-bond donors (Lipinski definition) is 1. The monoisotopic (exact) mass is 149 g/mol.